The zero-order valence-corrected chi connectivity index (χ0v) is 11.5. The van der Waals surface area contributed by atoms with Gasteiger partial charge in [-0.2, -0.15) is 0 Å². The van der Waals surface area contributed by atoms with E-state index in [1.807, 2.05) is 48.5 Å². The van der Waals surface area contributed by atoms with Gasteiger partial charge < -0.3 is 10.5 Å². The first-order valence-electron chi connectivity index (χ1n) is 6.70. The fourth-order valence-electron chi connectivity index (χ4n) is 2.06. The molecule has 0 saturated heterocycles. The van der Waals surface area contributed by atoms with Crippen LogP contribution in [0.5, 0.6) is 5.75 Å². The summed E-state index contributed by atoms with van der Waals surface area (Å²) in [5.74, 6) is 1.38. The smallest absolute Gasteiger partial charge is 0.122 e. The van der Waals surface area contributed by atoms with Crippen LogP contribution in [0.4, 0.5) is 0 Å². The Labute approximate surface area is 115 Å². The van der Waals surface area contributed by atoms with Crippen LogP contribution in [0.3, 0.4) is 0 Å². The van der Waals surface area contributed by atoms with Crippen LogP contribution in [0.15, 0.2) is 54.6 Å². The molecule has 0 radical (unpaired) electrons. The van der Waals surface area contributed by atoms with Crippen molar-refractivity contribution in [2.24, 2.45) is 5.73 Å². The predicted octanol–water partition coefficient (Wildman–Crippen LogP) is 3.89. The molecule has 0 aliphatic rings. The number of rotatable bonds is 5. The van der Waals surface area contributed by atoms with Crippen molar-refractivity contribution in [3.63, 3.8) is 0 Å². The minimum Gasteiger partial charge on any atom is -0.491 e. The molecule has 100 valence electrons. The summed E-state index contributed by atoms with van der Waals surface area (Å²) in [6.45, 7) is 4.83. The molecule has 2 N–H and O–H groups in total. The maximum absolute atomic E-state index is 6.14. The van der Waals surface area contributed by atoms with Crippen LogP contribution in [0.2, 0.25) is 0 Å². The molecule has 0 spiro atoms. The van der Waals surface area contributed by atoms with Crippen LogP contribution in [0.25, 0.3) is 0 Å². The monoisotopic (exact) mass is 255 g/mol. The molecule has 2 heteroatoms. The van der Waals surface area contributed by atoms with Gasteiger partial charge in [0.2, 0.25) is 0 Å². The molecule has 2 aromatic rings. The van der Waals surface area contributed by atoms with E-state index in [0.29, 0.717) is 12.5 Å². The van der Waals surface area contributed by atoms with Gasteiger partial charge in [-0.05, 0) is 23.1 Å². The summed E-state index contributed by atoms with van der Waals surface area (Å²) in [5.41, 5.74) is 8.47. The van der Waals surface area contributed by atoms with Crippen LogP contribution in [-0.4, -0.2) is 6.61 Å². The van der Waals surface area contributed by atoms with E-state index in [-0.39, 0.29) is 6.04 Å². The average Bonchev–Trinajstić information content (AvgIpc) is 2.46. The second-order valence-electron chi connectivity index (χ2n) is 5.02. The van der Waals surface area contributed by atoms with Gasteiger partial charge in [0, 0.05) is 0 Å². The molecule has 1 atom stereocenters. The Balaban J connectivity index is 2.03. The Bertz CT molecular complexity index is 508. The van der Waals surface area contributed by atoms with Crippen LogP contribution in [0.1, 0.15) is 36.9 Å². The zero-order valence-electron chi connectivity index (χ0n) is 11.5. The fourth-order valence-corrected chi connectivity index (χ4v) is 2.06. The third-order valence-electron chi connectivity index (χ3n) is 3.19. The molecule has 1 unspecified atom stereocenters. The van der Waals surface area contributed by atoms with Crippen molar-refractivity contribution in [1.82, 2.24) is 0 Å². The fraction of sp³-hybridized carbons (Fsp3) is 0.294. The third kappa shape index (κ3) is 3.58. The van der Waals surface area contributed by atoms with E-state index in [1.165, 1.54) is 5.56 Å². The lowest BCUT2D eigenvalue weighted by molar-refractivity contribution is 0.287. The Hall–Kier alpha value is -1.80. The Morgan fingerprint density at radius 3 is 2.26 bits per heavy atom. The number of ether oxygens (including phenoxy) is 1. The normalized spacial score (nSPS) is 12.4. The van der Waals surface area contributed by atoms with Gasteiger partial charge >= 0.3 is 0 Å². The summed E-state index contributed by atoms with van der Waals surface area (Å²) >= 11 is 0. The first-order valence-corrected chi connectivity index (χ1v) is 6.70. The van der Waals surface area contributed by atoms with Crippen molar-refractivity contribution >= 4 is 0 Å². The summed E-state index contributed by atoms with van der Waals surface area (Å²) in [6, 6.07) is 18.1. The Kier molecular flexibility index (Phi) is 4.58. The lowest BCUT2D eigenvalue weighted by Gasteiger charge is -2.17. The number of para-hydroxylation sites is 1. The molecule has 0 saturated carbocycles. The van der Waals surface area contributed by atoms with E-state index in [4.69, 9.17) is 10.5 Å². The van der Waals surface area contributed by atoms with E-state index in [0.717, 1.165) is 11.3 Å². The predicted molar refractivity (Wildman–Crippen MR) is 79.4 cm³/mol. The highest BCUT2D eigenvalue weighted by Crippen LogP contribution is 2.26. The molecule has 0 aliphatic heterocycles. The Morgan fingerprint density at radius 2 is 1.58 bits per heavy atom. The summed E-state index contributed by atoms with van der Waals surface area (Å²) in [5, 5.41) is 0. The van der Waals surface area contributed by atoms with Crippen molar-refractivity contribution < 1.29 is 4.74 Å². The lowest BCUT2D eigenvalue weighted by atomic mass is 10.0. The molecular weight excluding hydrogens is 234 g/mol. The molecule has 0 aromatic heterocycles. The van der Waals surface area contributed by atoms with Crippen molar-refractivity contribution in [1.29, 1.82) is 0 Å². The summed E-state index contributed by atoms with van der Waals surface area (Å²) in [6.07, 6.45) is 0. The maximum Gasteiger partial charge on any atom is 0.122 e. The van der Waals surface area contributed by atoms with Gasteiger partial charge in [-0.25, -0.2) is 0 Å². The van der Waals surface area contributed by atoms with Crippen molar-refractivity contribution in [2.45, 2.75) is 25.8 Å². The van der Waals surface area contributed by atoms with E-state index >= 15 is 0 Å². The number of hydrogen-bond donors (Lipinski definition) is 1. The molecule has 0 bridgehead atoms. The van der Waals surface area contributed by atoms with E-state index in [2.05, 4.69) is 19.9 Å². The van der Waals surface area contributed by atoms with Gasteiger partial charge in [-0.15, -0.1) is 0 Å². The largest absolute Gasteiger partial charge is 0.491 e. The molecule has 2 nitrogen and oxygen atoms in total. The van der Waals surface area contributed by atoms with E-state index in [1.54, 1.807) is 0 Å². The minimum atomic E-state index is -0.0959. The molecule has 2 aromatic carbocycles. The third-order valence-corrected chi connectivity index (χ3v) is 3.19. The van der Waals surface area contributed by atoms with Crippen LogP contribution >= 0.6 is 0 Å². The molecule has 19 heavy (non-hydrogen) atoms. The first-order chi connectivity index (χ1) is 9.18. The highest BCUT2D eigenvalue weighted by Gasteiger charge is 2.10. The summed E-state index contributed by atoms with van der Waals surface area (Å²) < 4.78 is 5.89. The summed E-state index contributed by atoms with van der Waals surface area (Å²) in [4.78, 5) is 0. The van der Waals surface area contributed by atoms with Gasteiger partial charge in [-0.1, -0.05) is 62.4 Å². The maximum atomic E-state index is 6.14. The van der Waals surface area contributed by atoms with Gasteiger partial charge in [0.15, 0.2) is 0 Å². The van der Waals surface area contributed by atoms with Crippen LogP contribution in [-0.2, 0) is 0 Å². The average molecular weight is 255 g/mol. The van der Waals surface area contributed by atoms with Crippen LogP contribution < -0.4 is 10.5 Å². The summed E-state index contributed by atoms with van der Waals surface area (Å²) in [7, 11) is 0. The first kappa shape index (κ1) is 13.6. The van der Waals surface area contributed by atoms with Gasteiger partial charge in [0.1, 0.15) is 12.4 Å². The molecule has 0 amide bonds. The van der Waals surface area contributed by atoms with Crippen molar-refractivity contribution in [2.75, 3.05) is 6.61 Å². The van der Waals surface area contributed by atoms with Crippen LogP contribution in [0, 0.1) is 0 Å². The topological polar surface area (TPSA) is 35.2 Å². The second kappa shape index (κ2) is 6.39. The van der Waals surface area contributed by atoms with E-state index in [9.17, 15) is 0 Å². The van der Waals surface area contributed by atoms with Crippen molar-refractivity contribution in [3.8, 4) is 5.75 Å². The highest BCUT2D eigenvalue weighted by atomic mass is 16.5. The molecular formula is C17H21NO. The number of hydrogen-bond acceptors (Lipinski definition) is 2. The standard InChI is InChI=1S/C17H21NO/c1-13(2)15-10-6-7-11-17(15)19-12-16(18)14-8-4-3-5-9-14/h3-11,13,16H,12,18H2,1-2H3. The van der Waals surface area contributed by atoms with Gasteiger partial charge in [-0.3, -0.25) is 0 Å². The molecule has 0 heterocycles. The van der Waals surface area contributed by atoms with Gasteiger partial charge in [0.05, 0.1) is 6.04 Å². The zero-order chi connectivity index (χ0) is 13.7. The number of benzene rings is 2. The minimum absolute atomic E-state index is 0.0959. The second-order valence-corrected chi connectivity index (χ2v) is 5.02. The van der Waals surface area contributed by atoms with Crippen molar-refractivity contribution in [3.05, 3.63) is 65.7 Å². The highest BCUT2D eigenvalue weighted by molar-refractivity contribution is 5.35. The SMILES string of the molecule is CC(C)c1ccccc1OCC(N)c1ccccc1. The van der Waals surface area contributed by atoms with Gasteiger partial charge in [0.25, 0.3) is 0 Å². The quantitative estimate of drug-likeness (QED) is 0.879. The molecule has 2 rings (SSSR count). The van der Waals surface area contributed by atoms with E-state index < -0.39 is 0 Å². The molecule has 0 fully saturated rings. The lowest BCUT2D eigenvalue weighted by Crippen LogP contribution is -2.19. The molecule has 0 aliphatic carbocycles. The Morgan fingerprint density at radius 1 is 0.947 bits per heavy atom. The number of nitrogens with two attached hydrogens (primary N) is 1.